The molecular weight excluding hydrogens is 264 g/mol. The van der Waals surface area contributed by atoms with E-state index in [1.807, 2.05) is 36.4 Å². The predicted molar refractivity (Wildman–Crippen MR) is 78.3 cm³/mol. The fourth-order valence-corrected chi connectivity index (χ4v) is 3.12. The Labute approximate surface area is 117 Å². The zero-order chi connectivity index (χ0) is 12.8. The standard InChI is InChI=1S/C15H17ClOS/c16-11-10-15(17,13-5-2-1-3-6-13)9-8-14-7-4-12-18-14/h1-7,12,17H,8-11H2. The van der Waals surface area contributed by atoms with Crippen molar-refractivity contribution in [1.82, 2.24) is 0 Å². The van der Waals surface area contributed by atoms with Crippen LogP contribution in [-0.2, 0) is 12.0 Å². The van der Waals surface area contributed by atoms with Crippen molar-refractivity contribution in [3.05, 3.63) is 58.3 Å². The number of halogens is 1. The highest BCUT2D eigenvalue weighted by Crippen LogP contribution is 2.31. The lowest BCUT2D eigenvalue weighted by Crippen LogP contribution is -2.27. The van der Waals surface area contributed by atoms with E-state index >= 15 is 0 Å². The zero-order valence-electron chi connectivity index (χ0n) is 10.2. The molecular formula is C15H17ClOS. The molecule has 96 valence electrons. The molecule has 0 aliphatic carbocycles. The summed E-state index contributed by atoms with van der Waals surface area (Å²) in [6.45, 7) is 0. The van der Waals surface area contributed by atoms with E-state index in [1.165, 1.54) is 4.88 Å². The maximum absolute atomic E-state index is 10.8. The van der Waals surface area contributed by atoms with Gasteiger partial charge in [0.2, 0.25) is 0 Å². The Kier molecular flexibility index (Phi) is 4.81. The monoisotopic (exact) mass is 280 g/mol. The quantitative estimate of drug-likeness (QED) is 0.787. The van der Waals surface area contributed by atoms with Crippen LogP contribution in [0.3, 0.4) is 0 Å². The first-order valence-electron chi connectivity index (χ1n) is 6.11. The van der Waals surface area contributed by atoms with Gasteiger partial charge in [-0.2, -0.15) is 0 Å². The van der Waals surface area contributed by atoms with Crippen LogP contribution in [0.25, 0.3) is 0 Å². The molecule has 1 aromatic heterocycles. The number of aliphatic hydroxyl groups is 1. The van der Waals surface area contributed by atoms with E-state index in [0.29, 0.717) is 18.7 Å². The molecule has 3 heteroatoms. The van der Waals surface area contributed by atoms with Crippen molar-refractivity contribution in [2.45, 2.75) is 24.9 Å². The summed E-state index contributed by atoms with van der Waals surface area (Å²) in [5.41, 5.74) is 0.148. The first-order chi connectivity index (χ1) is 8.74. The van der Waals surface area contributed by atoms with Crippen molar-refractivity contribution < 1.29 is 5.11 Å². The Balaban J connectivity index is 2.11. The lowest BCUT2D eigenvalue weighted by atomic mass is 9.86. The van der Waals surface area contributed by atoms with E-state index in [0.717, 1.165) is 12.0 Å². The molecule has 1 N–H and O–H groups in total. The molecule has 0 aliphatic heterocycles. The van der Waals surface area contributed by atoms with Crippen LogP contribution in [0.2, 0.25) is 0 Å². The summed E-state index contributed by atoms with van der Waals surface area (Å²) in [7, 11) is 0. The molecule has 2 rings (SSSR count). The van der Waals surface area contributed by atoms with Gasteiger partial charge in [-0.3, -0.25) is 0 Å². The largest absolute Gasteiger partial charge is 0.385 e. The fourth-order valence-electron chi connectivity index (χ4n) is 2.10. The second-order valence-electron chi connectivity index (χ2n) is 4.42. The molecule has 0 spiro atoms. The number of thiophene rings is 1. The zero-order valence-corrected chi connectivity index (χ0v) is 11.8. The second-order valence-corrected chi connectivity index (χ2v) is 5.83. The van der Waals surface area contributed by atoms with Gasteiger partial charge in [-0.05, 0) is 36.3 Å². The van der Waals surface area contributed by atoms with Gasteiger partial charge in [-0.25, -0.2) is 0 Å². The summed E-state index contributed by atoms with van der Waals surface area (Å²) >= 11 is 7.57. The molecule has 0 saturated carbocycles. The van der Waals surface area contributed by atoms with Gasteiger partial charge in [0, 0.05) is 10.8 Å². The highest BCUT2D eigenvalue weighted by Gasteiger charge is 2.28. The Bertz CT molecular complexity index is 455. The minimum Gasteiger partial charge on any atom is -0.385 e. The van der Waals surface area contributed by atoms with Crippen molar-refractivity contribution >= 4 is 22.9 Å². The molecule has 0 aliphatic rings. The van der Waals surface area contributed by atoms with E-state index in [2.05, 4.69) is 11.4 Å². The molecule has 1 nitrogen and oxygen atoms in total. The summed E-state index contributed by atoms with van der Waals surface area (Å²) in [5.74, 6) is 0.468. The van der Waals surface area contributed by atoms with Gasteiger partial charge >= 0.3 is 0 Å². The molecule has 2 aromatic rings. The van der Waals surface area contributed by atoms with Crippen LogP contribution in [-0.4, -0.2) is 11.0 Å². The first-order valence-corrected chi connectivity index (χ1v) is 7.52. The lowest BCUT2D eigenvalue weighted by molar-refractivity contribution is 0.0247. The van der Waals surface area contributed by atoms with Crippen LogP contribution >= 0.6 is 22.9 Å². The van der Waals surface area contributed by atoms with Gasteiger partial charge in [0.25, 0.3) is 0 Å². The fraction of sp³-hybridized carbons (Fsp3) is 0.333. The highest BCUT2D eigenvalue weighted by molar-refractivity contribution is 7.09. The molecule has 18 heavy (non-hydrogen) atoms. The molecule has 1 aromatic carbocycles. The van der Waals surface area contributed by atoms with Gasteiger partial charge < -0.3 is 5.11 Å². The number of hydrogen-bond acceptors (Lipinski definition) is 2. The molecule has 0 radical (unpaired) electrons. The molecule has 1 heterocycles. The minimum absolute atomic E-state index is 0.468. The van der Waals surface area contributed by atoms with Gasteiger partial charge in [0.05, 0.1) is 5.60 Å². The van der Waals surface area contributed by atoms with Crippen LogP contribution in [0, 0.1) is 0 Å². The molecule has 1 atom stereocenters. The summed E-state index contributed by atoms with van der Waals surface area (Å²) < 4.78 is 0. The van der Waals surface area contributed by atoms with Gasteiger partial charge in [0.15, 0.2) is 0 Å². The Morgan fingerprint density at radius 3 is 2.44 bits per heavy atom. The summed E-state index contributed by atoms with van der Waals surface area (Å²) in [4.78, 5) is 1.30. The van der Waals surface area contributed by atoms with E-state index < -0.39 is 5.60 Å². The maximum Gasteiger partial charge on any atom is 0.0911 e. The van der Waals surface area contributed by atoms with Gasteiger partial charge in [-0.15, -0.1) is 22.9 Å². The van der Waals surface area contributed by atoms with Crippen molar-refractivity contribution in [3.8, 4) is 0 Å². The van der Waals surface area contributed by atoms with Crippen molar-refractivity contribution in [2.75, 3.05) is 5.88 Å². The molecule has 0 bridgehead atoms. The SMILES string of the molecule is OC(CCCl)(CCc1cccs1)c1ccccc1. The minimum atomic E-state index is -0.812. The number of rotatable bonds is 6. The Morgan fingerprint density at radius 1 is 1.06 bits per heavy atom. The van der Waals surface area contributed by atoms with Crippen LogP contribution < -0.4 is 0 Å². The van der Waals surface area contributed by atoms with E-state index in [-0.39, 0.29) is 0 Å². The average Bonchev–Trinajstić information content (AvgIpc) is 2.91. The third-order valence-corrected chi connectivity index (χ3v) is 4.31. The maximum atomic E-state index is 10.8. The van der Waals surface area contributed by atoms with E-state index in [1.54, 1.807) is 11.3 Å². The topological polar surface area (TPSA) is 20.2 Å². The average molecular weight is 281 g/mol. The number of benzene rings is 1. The first kappa shape index (κ1) is 13.6. The second kappa shape index (κ2) is 6.37. The highest BCUT2D eigenvalue weighted by atomic mass is 35.5. The number of hydrogen-bond donors (Lipinski definition) is 1. The molecule has 0 saturated heterocycles. The van der Waals surface area contributed by atoms with Gasteiger partial charge in [-0.1, -0.05) is 36.4 Å². The normalized spacial score (nSPS) is 14.3. The van der Waals surface area contributed by atoms with E-state index in [4.69, 9.17) is 11.6 Å². The third-order valence-electron chi connectivity index (χ3n) is 3.18. The lowest BCUT2D eigenvalue weighted by Gasteiger charge is -2.28. The van der Waals surface area contributed by atoms with Gasteiger partial charge in [0.1, 0.15) is 0 Å². The van der Waals surface area contributed by atoms with Crippen LogP contribution in [0.15, 0.2) is 47.8 Å². The summed E-state index contributed by atoms with van der Waals surface area (Å²) in [6, 6.07) is 14.0. The van der Waals surface area contributed by atoms with Crippen molar-refractivity contribution in [2.24, 2.45) is 0 Å². The summed E-state index contributed by atoms with van der Waals surface area (Å²) in [5, 5.41) is 12.9. The van der Waals surface area contributed by atoms with E-state index in [9.17, 15) is 5.11 Å². The predicted octanol–water partition coefficient (Wildman–Crippen LogP) is 4.20. The molecule has 1 unspecified atom stereocenters. The number of aryl methyl sites for hydroxylation is 1. The van der Waals surface area contributed by atoms with Crippen LogP contribution in [0.4, 0.5) is 0 Å². The number of alkyl halides is 1. The molecule has 0 fully saturated rings. The van der Waals surface area contributed by atoms with Crippen LogP contribution in [0.1, 0.15) is 23.3 Å². The Hall–Kier alpha value is -0.830. The Morgan fingerprint density at radius 2 is 1.83 bits per heavy atom. The van der Waals surface area contributed by atoms with Crippen molar-refractivity contribution in [3.63, 3.8) is 0 Å². The summed E-state index contributed by atoms with van der Waals surface area (Å²) in [6.07, 6.45) is 2.19. The smallest absolute Gasteiger partial charge is 0.0911 e. The van der Waals surface area contributed by atoms with Crippen molar-refractivity contribution in [1.29, 1.82) is 0 Å². The third kappa shape index (κ3) is 3.35. The molecule has 0 amide bonds. The van der Waals surface area contributed by atoms with Crippen LogP contribution in [0.5, 0.6) is 0 Å².